The Labute approximate surface area is 166 Å². The summed E-state index contributed by atoms with van der Waals surface area (Å²) in [4.78, 5) is 32.4. The largest absolute Gasteiger partial charge is 0.348 e. The van der Waals surface area contributed by atoms with E-state index in [1.54, 1.807) is 31.1 Å². The molecule has 7 nitrogen and oxygen atoms in total. The van der Waals surface area contributed by atoms with Crippen molar-refractivity contribution in [2.45, 2.75) is 6.04 Å². The second-order valence-corrected chi connectivity index (χ2v) is 7.69. The summed E-state index contributed by atoms with van der Waals surface area (Å²) < 4.78 is 13.6. The van der Waals surface area contributed by atoms with Crippen molar-refractivity contribution < 1.29 is 14.0 Å². The van der Waals surface area contributed by atoms with E-state index in [0.29, 0.717) is 45.8 Å². The summed E-state index contributed by atoms with van der Waals surface area (Å²) in [6.45, 7) is 5.70. The van der Waals surface area contributed by atoms with E-state index < -0.39 is 0 Å². The fraction of sp³-hybridized carbons (Fsp3) is 0.600. The highest BCUT2D eigenvalue weighted by Crippen LogP contribution is 2.23. The zero-order chi connectivity index (χ0) is 20.1. The van der Waals surface area contributed by atoms with Gasteiger partial charge in [0.05, 0.1) is 13.1 Å². The summed E-state index contributed by atoms with van der Waals surface area (Å²) in [7, 11) is 3.51. The van der Waals surface area contributed by atoms with Crippen LogP contribution in [0.5, 0.6) is 0 Å². The molecule has 0 aromatic heterocycles. The summed E-state index contributed by atoms with van der Waals surface area (Å²) in [6.07, 6.45) is 0. The van der Waals surface area contributed by atoms with Gasteiger partial charge in [-0.05, 0) is 17.7 Å². The summed E-state index contributed by atoms with van der Waals surface area (Å²) in [5.74, 6) is -0.0711. The van der Waals surface area contributed by atoms with Gasteiger partial charge in [0, 0.05) is 66.0 Å². The molecule has 1 unspecified atom stereocenters. The van der Waals surface area contributed by atoms with Crippen molar-refractivity contribution in [1.29, 1.82) is 0 Å². The van der Waals surface area contributed by atoms with Crippen LogP contribution in [0.25, 0.3) is 0 Å². The van der Waals surface area contributed by atoms with Gasteiger partial charge in [-0.3, -0.25) is 19.4 Å². The van der Waals surface area contributed by atoms with E-state index in [4.69, 9.17) is 0 Å². The van der Waals surface area contributed by atoms with Crippen molar-refractivity contribution in [2.24, 2.45) is 0 Å². The first-order valence-electron chi connectivity index (χ1n) is 9.84. The number of nitrogens with zero attached hydrogens (tertiary/aromatic N) is 4. The quantitative estimate of drug-likeness (QED) is 0.766. The van der Waals surface area contributed by atoms with Crippen LogP contribution in [0.4, 0.5) is 4.39 Å². The Morgan fingerprint density at radius 1 is 1.14 bits per heavy atom. The molecule has 2 aliphatic rings. The third kappa shape index (κ3) is 5.27. The van der Waals surface area contributed by atoms with E-state index in [2.05, 4.69) is 15.1 Å². The van der Waals surface area contributed by atoms with Crippen molar-refractivity contribution >= 4 is 11.8 Å². The SMILES string of the molecule is CN(C)C(=O)CN1CCN(C(=O)CN2CCNCC2c2cccc(F)c2)CC1. The molecule has 0 spiro atoms. The fourth-order valence-corrected chi connectivity index (χ4v) is 3.74. The van der Waals surface area contributed by atoms with Crippen molar-refractivity contribution in [3.8, 4) is 0 Å². The Hall–Kier alpha value is -2.03. The summed E-state index contributed by atoms with van der Waals surface area (Å²) in [5, 5.41) is 3.34. The van der Waals surface area contributed by atoms with Gasteiger partial charge in [-0.1, -0.05) is 12.1 Å². The lowest BCUT2D eigenvalue weighted by Gasteiger charge is -2.39. The van der Waals surface area contributed by atoms with Crippen LogP contribution in [0, 0.1) is 5.82 Å². The first-order chi connectivity index (χ1) is 13.4. The number of carbonyl (C=O) groups excluding carboxylic acids is 2. The number of hydrogen-bond acceptors (Lipinski definition) is 5. The van der Waals surface area contributed by atoms with E-state index in [1.165, 1.54) is 6.07 Å². The van der Waals surface area contributed by atoms with Crippen LogP contribution >= 0.6 is 0 Å². The van der Waals surface area contributed by atoms with Crippen LogP contribution < -0.4 is 5.32 Å². The fourth-order valence-electron chi connectivity index (χ4n) is 3.74. The molecule has 3 rings (SSSR count). The molecule has 0 aliphatic carbocycles. The number of piperazine rings is 2. The lowest BCUT2D eigenvalue weighted by molar-refractivity contribution is -0.136. The average molecular weight is 391 g/mol. The lowest BCUT2D eigenvalue weighted by Crippen LogP contribution is -2.54. The Morgan fingerprint density at radius 3 is 2.57 bits per heavy atom. The van der Waals surface area contributed by atoms with Crippen LogP contribution in [0.1, 0.15) is 11.6 Å². The second kappa shape index (κ2) is 9.45. The first kappa shape index (κ1) is 20.7. The van der Waals surface area contributed by atoms with Crippen molar-refractivity contribution in [2.75, 3.05) is 73.0 Å². The zero-order valence-electron chi connectivity index (χ0n) is 16.7. The number of likely N-dealkylation sites (N-methyl/N-ethyl adjacent to an activating group) is 1. The van der Waals surface area contributed by atoms with Gasteiger partial charge in [-0.2, -0.15) is 0 Å². The molecule has 0 saturated carbocycles. The molecular formula is C20H30FN5O2. The molecule has 2 saturated heterocycles. The maximum absolute atomic E-state index is 13.6. The molecule has 28 heavy (non-hydrogen) atoms. The predicted molar refractivity (Wildman–Crippen MR) is 105 cm³/mol. The van der Waals surface area contributed by atoms with E-state index >= 15 is 0 Å². The molecule has 0 bridgehead atoms. The number of rotatable bonds is 5. The number of benzene rings is 1. The van der Waals surface area contributed by atoms with Gasteiger partial charge >= 0.3 is 0 Å². The normalized spacial score (nSPS) is 21.5. The van der Waals surface area contributed by atoms with E-state index in [9.17, 15) is 14.0 Å². The number of carbonyl (C=O) groups is 2. The van der Waals surface area contributed by atoms with Gasteiger partial charge in [-0.15, -0.1) is 0 Å². The van der Waals surface area contributed by atoms with Gasteiger partial charge in [0.15, 0.2) is 0 Å². The third-order valence-electron chi connectivity index (χ3n) is 5.51. The zero-order valence-corrected chi connectivity index (χ0v) is 16.7. The number of amides is 2. The van der Waals surface area contributed by atoms with Gasteiger partial charge in [0.25, 0.3) is 0 Å². The van der Waals surface area contributed by atoms with E-state index in [0.717, 1.165) is 18.7 Å². The molecule has 2 amide bonds. The van der Waals surface area contributed by atoms with Crippen LogP contribution in [0.2, 0.25) is 0 Å². The van der Waals surface area contributed by atoms with Crippen LogP contribution in [0.3, 0.4) is 0 Å². The Kier molecular flexibility index (Phi) is 6.98. The highest BCUT2D eigenvalue weighted by atomic mass is 19.1. The van der Waals surface area contributed by atoms with Crippen molar-refractivity contribution in [3.63, 3.8) is 0 Å². The van der Waals surface area contributed by atoms with E-state index in [-0.39, 0.29) is 23.7 Å². The second-order valence-electron chi connectivity index (χ2n) is 7.69. The smallest absolute Gasteiger partial charge is 0.236 e. The predicted octanol–water partition coefficient (Wildman–Crippen LogP) is 0.00440. The molecule has 1 atom stereocenters. The number of halogens is 1. The van der Waals surface area contributed by atoms with Crippen LogP contribution in [0.15, 0.2) is 24.3 Å². The standard InChI is InChI=1S/C20H30FN5O2/c1-23(2)19(27)14-24-8-10-25(11-9-24)20(28)15-26-7-6-22-13-18(26)16-4-3-5-17(21)12-16/h3-5,12,18,22H,6-11,13-15H2,1-2H3. The van der Waals surface area contributed by atoms with Gasteiger partial charge in [0.2, 0.25) is 11.8 Å². The topological polar surface area (TPSA) is 59.1 Å². The summed E-state index contributed by atoms with van der Waals surface area (Å²) >= 11 is 0. The van der Waals surface area contributed by atoms with Crippen LogP contribution in [-0.4, -0.2) is 104 Å². The maximum Gasteiger partial charge on any atom is 0.236 e. The molecule has 1 N–H and O–H groups in total. The molecule has 1 aromatic carbocycles. The minimum atomic E-state index is -0.252. The highest BCUT2D eigenvalue weighted by Gasteiger charge is 2.29. The molecule has 0 radical (unpaired) electrons. The van der Waals surface area contributed by atoms with Crippen molar-refractivity contribution in [3.05, 3.63) is 35.6 Å². The molecule has 8 heteroatoms. The van der Waals surface area contributed by atoms with Gasteiger partial charge in [-0.25, -0.2) is 4.39 Å². The molecule has 2 aliphatic heterocycles. The molecular weight excluding hydrogens is 361 g/mol. The monoisotopic (exact) mass is 391 g/mol. The first-order valence-corrected chi connectivity index (χ1v) is 9.84. The Balaban J connectivity index is 1.54. The minimum absolute atomic E-state index is 0.00704. The Morgan fingerprint density at radius 2 is 1.89 bits per heavy atom. The van der Waals surface area contributed by atoms with Crippen LogP contribution in [-0.2, 0) is 9.59 Å². The molecule has 1 aromatic rings. The lowest BCUT2D eigenvalue weighted by atomic mass is 10.0. The number of nitrogens with one attached hydrogen (secondary N) is 1. The Bertz CT molecular complexity index is 691. The number of hydrogen-bond donors (Lipinski definition) is 1. The van der Waals surface area contributed by atoms with Gasteiger partial charge < -0.3 is 15.1 Å². The maximum atomic E-state index is 13.6. The highest BCUT2D eigenvalue weighted by molar-refractivity contribution is 5.79. The minimum Gasteiger partial charge on any atom is -0.348 e. The summed E-state index contributed by atoms with van der Waals surface area (Å²) in [5.41, 5.74) is 0.895. The van der Waals surface area contributed by atoms with E-state index in [1.807, 2.05) is 11.0 Å². The summed E-state index contributed by atoms with van der Waals surface area (Å²) in [6, 6.07) is 6.62. The third-order valence-corrected chi connectivity index (χ3v) is 5.51. The van der Waals surface area contributed by atoms with Gasteiger partial charge in [0.1, 0.15) is 5.82 Å². The average Bonchev–Trinajstić information content (AvgIpc) is 2.69. The van der Waals surface area contributed by atoms with Crippen molar-refractivity contribution in [1.82, 2.24) is 24.9 Å². The molecule has 2 heterocycles. The molecule has 2 fully saturated rings. The molecule has 154 valence electrons.